The highest BCUT2D eigenvalue weighted by molar-refractivity contribution is 6.36. The Morgan fingerprint density at radius 2 is 1.72 bits per heavy atom. The van der Waals surface area contributed by atoms with Gasteiger partial charge in [-0.05, 0) is 50.8 Å². The molecule has 0 unspecified atom stereocenters. The molecule has 0 radical (unpaired) electrons. The molecule has 1 aliphatic rings. The Labute approximate surface area is 170 Å². The number of aryl methyl sites for hydroxylation is 1. The fraction of sp³-hybridized carbons (Fsp3) is 0.300. The van der Waals surface area contributed by atoms with Gasteiger partial charge in [-0.15, -0.1) is 0 Å². The number of hydrogen-bond donors (Lipinski definition) is 0. The minimum atomic E-state index is -4.72. The van der Waals surface area contributed by atoms with E-state index in [9.17, 15) is 22.8 Å². The third-order valence-corrected chi connectivity index (χ3v) is 4.85. The molecule has 0 aliphatic carbocycles. The zero-order chi connectivity index (χ0) is 21.5. The highest BCUT2D eigenvalue weighted by atomic mass is 35.5. The smallest absolute Gasteiger partial charge is 0.417 e. The van der Waals surface area contributed by atoms with Crippen LogP contribution >= 0.6 is 11.6 Å². The predicted molar refractivity (Wildman–Crippen MR) is 103 cm³/mol. The predicted octanol–water partition coefficient (Wildman–Crippen LogP) is 4.41. The number of benzene rings is 2. The van der Waals surface area contributed by atoms with Gasteiger partial charge in [0.15, 0.2) is 0 Å². The second kappa shape index (κ2) is 7.68. The maximum absolute atomic E-state index is 13.2. The van der Waals surface area contributed by atoms with E-state index in [1.807, 2.05) is 19.0 Å². The number of amides is 2. The van der Waals surface area contributed by atoms with E-state index >= 15 is 0 Å². The van der Waals surface area contributed by atoms with E-state index < -0.39 is 28.6 Å². The molecule has 0 saturated carbocycles. The van der Waals surface area contributed by atoms with Gasteiger partial charge in [0.2, 0.25) is 0 Å². The fourth-order valence-corrected chi connectivity index (χ4v) is 3.28. The van der Waals surface area contributed by atoms with Crippen molar-refractivity contribution in [3.63, 3.8) is 0 Å². The van der Waals surface area contributed by atoms with E-state index in [1.165, 1.54) is 6.07 Å². The first-order chi connectivity index (χ1) is 13.5. The van der Waals surface area contributed by atoms with E-state index in [4.69, 9.17) is 16.3 Å². The van der Waals surface area contributed by atoms with E-state index in [-0.39, 0.29) is 29.2 Å². The number of carbonyl (C=O) groups excluding carboxylic acids is 2. The zero-order valence-electron chi connectivity index (χ0n) is 15.9. The van der Waals surface area contributed by atoms with Crippen molar-refractivity contribution in [2.75, 3.05) is 32.1 Å². The molecule has 29 heavy (non-hydrogen) atoms. The van der Waals surface area contributed by atoms with Gasteiger partial charge < -0.3 is 9.64 Å². The number of alkyl halides is 3. The second-order valence-electron chi connectivity index (χ2n) is 6.89. The molecule has 2 amide bonds. The molecular formula is C20H18ClF3N2O3. The number of likely N-dealkylation sites (N-methyl/N-ethyl adjacent to an activating group) is 1. The molecule has 5 nitrogen and oxygen atoms in total. The molecular weight excluding hydrogens is 409 g/mol. The Kier molecular flexibility index (Phi) is 5.60. The monoisotopic (exact) mass is 426 g/mol. The van der Waals surface area contributed by atoms with Gasteiger partial charge in [0.1, 0.15) is 12.4 Å². The minimum absolute atomic E-state index is 0.0530. The molecule has 0 bridgehead atoms. The SMILES string of the molecule is Cc1ccc(OCCN(C)C)c2c1C(=O)N(c1ccc(Cl)c(C(F)(F)F)c1)C2=O. The van der Waals surface area contributed by atoms with Crippen LogP contribution in [0.5, 0.6) is 5.75 Å². The average Bonchev–Trinajstić information content (AvgIpc) is 2.88. The Bertz CT molecular complexity index is 990. The highest BCUT2D eigenvalue weighted by Crippen LogP contribution is 2.40. The molecule has 0 spiro atoms. The average molecular weight is 427 g/mol. The molecule has 1 heterocycles. The summed E-state index contributed by atoms with van der Waals surface area (Å²) < 4.78 is 45.3. The number of anilines is 1. The number of nitrogens with zero attached hydrogens (tertiary/aromatic N) is 2. The quantitative estimate of drug-likeness (QED) is 0.665. The van der Waals surface area contributed by atoms with Gasteiger partial charge in [-0.2, -0.15) is 13.2 Å². The molecule has 0 N–H and O–H groups in total. The van der Waals surface area contributed by atoms with Crippen molar-refractivity contribution in [3.05, 3.63) is 57.6 Å². The van der Waals surface area contributed by atoms with Gasteiger partial charge in [-0.3, -0.25) is 9.59 Å². The summed E-state index contributed by atoms with van der Waals surface area (Å²) in [6.45, 7) is 2.52. The van der Waals surface area contributed by atoms with E-state index in [2.05, 4.69) is 0 Å². The fourth-order valence-electron chi connectivity index (χ4n) is 3.05. The van der Waals surface area contributed by atoms with Crippen LogP contribution < -0.4 is 9.64 Å². The molecule has 154 valence electrons. The van der Waals surface area contributed by atoms with E-state index in [1.54, 1.807) is 19.1 Å². The summed E-state index contributed by atoms with van der Waals surface area (Å²) in [6, 6.07) is 6.15. The number of fused-ring (bicyclic) bond motifs is 1. The van der Waals surface area contributed by atoms with Gasteiger partial charge >= 0.3 is 6.18 Å². The number of ether oxygens (including phenoxy) is 1. The van der Waals surface area contributed by atoms with Crippen LogP contribution in [0.25, 0.3) is 0 Å². The van der Waals surface area contributed by atoms with Crippen molar-refractivity contribution in [3.8, 4) is 5.75 Å². The second-order valence-corrected chi connectivity index (χ2v) is 7.30. The van der Waals surface area contributed by atoms with Crippen molar-refractivity contribution in [2.45, 2.75) is 13.1 Å². The first-order valence-corrected chi connectivity index (χ1v) is 9.07. The molecule has 0 fully saturated rings. The zero-order valence-corrected chi connectivity index (χ0v) is 16.7. The molecule has 2 aromatic carbocycles. The first-order valence-electron chi connectivity index (χ1n) is 8.69. The van der Waals surface area contributed by atoms with Crippen LogP contribution in [-0.4, -0.2) is 44.0 Å². The van der Waals surface area contributed by atoms with Gasteiger partial charge in [0.25, 0.3) is 11.8 Å². The Morgan fingerprint density at radius 1 is 1.07 bits per heavy atom. The lowest BCUT2D eigenvalue weighted by Crippen LogP contribution is -2.30. The van der Waals surface area contributed by atoms with Gasteiger partial charge in [0.05, 0.1) is 27.4 Å². The molecule has 2 aromatic rings. The summed E-state index contributed by atoms with van der Waals surface area (Å²) in [6.07, 6.45) is -4.72. The Balaban J connectivity index is 2.03. The van der Waals surface area contributed by atoms with Crippen LogP contribution in [0.15, 0.2) is 30.3 Å². The van der Waals surface area contributed by atoms with Gasteiger partial charge in [0, 0.05) is 6.54 Å². The molecule has 9 heteroatoms. The van der Waals surface area contributed by atoms with Crippen molar-refractivity contribution < 1.29 is 27.5 Å². The van der Waals surface area contributed by atoms with Crippen molar-refractivity contribution >= 4 is 29.1 Å². The maximum Gasteiger partial charge on any atom is 0.417 e. The number of hydrogen-bond acceptors (Lipinski definition) is 4. The summed E-state index contributed by atoms with van der Waals surface area (Å²) in [5.41, 5.74) is -0.608. The highest BCUT2D eigenvalue weighted by Gasteiger charge is 2.42. The summed E-state index contributed by atoms with van der Waals surface area (Å²) >= 11 is 5.65. The number of halogens is 4. The number of carbonyl (C=O) groups is 2. The van der Waals surface area contributed by atoms with Crippen LogP contribution in [-0.2, 0) is 6.18 Å². The van der Waals surface area contributed by atoms with Crippen LogP contribution in [0.2, 0.25) is 5.02 Å². The van der Waals surface area contributed by atoms with E-state index in [0.29, 0.717) is 18.2 Å². The minimum Gasteiger partial charge on any atom is -0.491 e. The summed E-state index contributed by atoms with van der Waals surface area (Å²) in [7, 11) is 3.72. The molecule has 0 aromatic heterocycles. The third kappa shape index (κ3) is 3.95. The molecule has 1 aliphatic heterocycles. The third-order valence-electron chi connectivity index (χ3n) is 4.52. The molecule has 0 saturated heterocycles. The van der Waals surface area contributed by atoms with Crippen molar-refractivity contribution in [2.24, 2.45) is 0 Å². The lowest BCUT2D eigenvalue weighted by atomic mass is 10.0. The van der Waals surface area contributed by atoms with Gasteiger partial charge in [-0.1, -0.05) is 17.7 Å². The number of imide groups is 1. The maximum atomic E-state index is 13.2. The molecule has 3 rings (SSSR count). The van der Waals surface area contributed by atoms with E-state index in [0.717, 1.165) is 11.0 Å². The summed E-state index contributed by atoms with van der Waals surface area (Å²) in [5.74, 6) is -1.21. The van der Waals surface area contributed by atoms with Crippen LogP contribution in [0.3, 0.4) is 0 Å². The van der Waals surface area contributed by atoms with Gasteiger partial charge in [-0.25, -0.2) is 4.90 Å². The normalized spacial score (nSPS) is 14.0. The Hall–Kier alpha value is -2.58. The summed E-state index contributed by atoms with van der Waals surface area (Å²) in [5, 5.41) is -0.512. The standard InChI is InChI=1S/C20H18ClF3N2O3/c1-11-4-7-15(29-9-8-25(2)3)17-16(11)18(27)26(19(17)28)12-5-6-14(21)13(10-12)20(22,23)24/h4-7,10H,8-9H2,1-3H3. The van der Waals surface area contributed by atoms with Crippen LogP contribution in [0, 0.1) is 6.92 Å². The first kappa shape index (κ1) is 21.1. The van der Waals surface area contributed by atoms with Crippen molar-refractivity contribution in [1.82, 2.24) is 4.90 Å². The lowest BCUT2D eigenvalue weighted by Gasteiger charge is -2.17. The lowest BCUT2D eigenvalue weighted by molar-refractivity contribution is -0.137. The largest absolute Gasteiger partial charge is 0.491 e. The van der Waals surface area contributed by atoms with Crippen LogP contribution in [0.4, 0.5) is 18.9 Å². The Morgan fingerprint density at radius 3 is 2.34 bits per heavy atom. The number of rotatable bonds is 5. The topological polar surface area (TPSA) is 49.9 Å². The summed E-state index contributed by atoms with van der Waals surface area (Å²) in [4.78, 5) is 28.6. The molecule has 0 atom stereocenters. The van der Waals surface area contributed by atoms with Crippen LogP contribution in [0.1, 0.15) is 31.8 Å². The van der Waals surface area contributed by atoms with Crippen molar-refractivity contribution in [1.29, 1.82) is 0 Å².